The quantitative estimate of drug-likeness (QED) is 0.438. The summed E-state index contributed by atoms with van der Waals surface area (Å²) in [4.78, 5) is 25.7. The Morgan fingerprint density at radius 1 is 1.06 bits per heavy atom. The lowest BCUT2D eigenvalue weighted by Gasteiger charge is -2.27. The Kier molecular flexibility index (Phi) is 8.77. The number of aryl methyl sites for hydroxylation is 1. The van der Waals surface area contributed by atoms with Crippen molar-refractivity contribution in [3.05, 3.63) is 71.5 Å². The molecule has 1 aromatic heterocycles. The van der Waals surface area contributed by atoms with E-state index in [0.717, 1.165) is 11.1 Å². The van der Waals surface area contributed by atoms with E-state index in [-0.39, 0.29) is 13.1 Å². The molecule has 3 aromatic rings. The van der Waals surface area contributed by atoms with Crippen LogP contribution in [0.25, 0.3) is 12.2 Å². The first-order valence-electron chi connectivity index (χ1n) is 11.4. The van der Waals surface area contributed by atoms with Gasteiger partial charge in [-0.1, -0.05) is 41.6 Å². The number of hydrogen-bond acceptors (Lipinski definition) is 6. The zero-order valence-electron chi connectivity index (χ0n) is 20.8. The second kappa shape index (κ2) is 12.0. The number of hydrogen-bond donors (Lipinski definition) is 1. The number of amides is 2. The Balaban J connectivity index is 1.74. The average Bonchev–Trinajstić information content (AvgIpc) is 3.28. The summed E-state index contributed by atoms with van der Waals surface area (Å²) >= 11 is 0. The van der Waals surface area contributed by atoms with Crippen LogP contribution >= 0.6 is 0 Å². The van der Waals surface area contributed by atoms with E-state index in [2.05, 4.69) is 15.6 Å². The van der Waals surface area contributed by atoms with Crippen molar-refractivity contribution >= 4 is 30.0 Å². The minimum atomic E-state index is -0.676. The molecular formula is C26H30FN5O4. The summed E-state index contributed by atoms with van der Waals surface area (Å²) in [5, 5.41) is 10.3. The van der Waals surface area contributed by atoms with Gasteiger partial charge in [0, 0.05) is 12.7 Å². The third kappa shape index (κ3) is 7.93. The van der Waals surface area contributed by atoms with E-state index in [1.165, 1.54) is 16.6 Å². The van der Waals surface area contributed by atoms with Crippen LogP contribution in [0.2, 0.25) is 0 Å². The maximum Gasteiger partial charge on any atom is 0.415 e. The van der Waals surface area contributed by atoms with Gasteiger partial charge in [-0.25, -0.2) is 18.7 Å². The Labute approximate surface area is 209 Å². The van der Waals surface area contributed by atoms with Gasteiger partial charge in [-0.2, -0.15) is 0 Å². The molecule has 0 bridgehead atoms. The molecule has 0 spiro atoms. The number of aromatic nitrogens is 3. The number of nitrogens with one attached hydrogen (secondary N) is 1. The fourth-order valence-corrected chi connectivity index (χ4v) is 3.11. The van der Waals surface area contributed by atoms with Crippen LogP contribution in [0.3, 0.4) is 0 Å². The monoisotopic (exact) mass is 495 g/mol. The lowest BCUT2D eigenvalue weighted by Crippen LogP contribution is -2.36. The van der Waals surface area contributed by atoms with Gasteiger partial charge in [-0.3, -0.25) is 4.90 Å². The molecule has 0 atom stereocenters. The second-order valence-corrected chi connectivity index (χ2v) is 8.86. The van der Waals surface area contributed by atoms with Gasteiger partial charge in [-0.15, -0.1) is 5.10 Å². The summed E-state index contributed by atoms with van der Waals surface area (Å²) in [5.74, 6) is 0.447. The topological polar surface area (TPSA) is 98.6 Å². The largest absolute Gasteiger partial charge is 0.443 e. The first kappa shape index (κ1) is 26.4. The van der Waals surface area contributed by atoms with E-state index in [1.54, 1.807) is 39.1 Å². The average molecular weight is 496 g/mol. The highest BCUT2D eigenvalue weighted by molar-refractivity contribution is 5.88. The minimum absolute atomic E-state index is 0.101. The van der Waals surface area contributed by atoms with Crippen LogP contribution in [0.1, 0.15) is 37.6 Å². The highest BCUT2D eigenvalue weighted by atomic mass is 19.1. The molecule has 1 heterocycles. The number of benzene rings is 2. The SMILES string of the molecule is CNC(=O)Oc1ccc(/C=C/c2ccc(N(Cc3cn(CCF)nn3)C(=O)OC(C)(C)C)cc2)cc1. The number of rotatable bonds is 8. The lowest BCUT2D eigenvalue weighted by atomic mass is 10.1. The molecule has 2 amide bonds. The maximum absolute atomic E-state index is 12.9. The maximum atomic E-state index is 12.9. The standard InChI is InChI=1S/C26H30FN5O4/c1-26(2,3)36-25(34)32(18-21-17-31(16-15-27)30-29-21)22-11-7-19(8-12-22)5-6-20-9-13-23(14-10-20)35-24(33)28-4/h5-14,17H,15-16,18H2,1-4H3,(H,28,33)/b6-5+. The van der Waals surface area contributed by atoms with Crippen molar-refractivity contribution in [1.29, 1.82) is 0 Å². The third-order valence-electron chi connectivity index (χ3n) is 4.80. The number of ether oxygens (including phenoxy) is 2. The van der Waals surface area contributed by atoms with Crippen molar-refractivity contribution < 1.29 is 23.5 Å². The van der Waals surface area contributed by atoms with Gasteiger partial charge >= 0.3 is 12.2 Å². The van der Waals surface area contributed by atoms with Crippen molar-refractivity contribution in [3.8, 4) is 5.75 Å². The van der Waals surface area contributed by atoms with E-state index < -0.39 is 24.5 Å². The molecule has 0 aliphatic carbocycles. The van der Waals surface area contributed by atoms with E-state index >= 15 is 0 Å². The molecule has 10 heteroatoms. The Morgan fingerprint density at radius 2 is 1.67 bits per heavy atom. The van der Waals surface area contributed by atoms with Gasteiger partial charge in [-0.05, 0) is 56.2 Å². The van der Waals surface area contributed by atoms with E-state index in [1.807, 2.05) is 48.6 Å². The Morgan fingerprint density at radius 3 is 2.22 bits per heavy atom. The first-order chi connectivity index (χ1) is 17.2. The van der Waals surface area contributed by atoms with E-state index in [9.17, 15) is 14.0 Å². The number of carbonyl (C=O) groups excluding carboxylic acids is 2. The van der Waals surface area contributed by atoms with Crippen molar-refractivity contribution in [2.75, 3.05) is 18.6 Å². The highest BCUT2D eigenvalue weighted by Crippen LogP contribution is 2.22. The summed E-state index contributed by atoms with van der Waals surface area (Å²) in [7, 11) is 1.50. The summed E-state index contributed by atoms with van der Waals surface area (Å²) < 4.78 is 24.7. The molecule has 3 rings (SSSR count). The molecule has 1 N–H and O–H groups in total. The Bertz CT molecular complexity index is 1180. The first-order valence-corrected chi connectivity index (χ1v) is 11.4. The summed E-state index contributed by atoms with van der Waals surface area (Å²) in [6.07, 6.45) is 4.42. The van der Waals surface area contributed by atoms with Crippen LogP contribution < -0.4 is 15.0 Å². The molecule has 0 saturated heterocycles. The smallest absolute Gasteiger partial charge is 0.415 e. The normalized spacial score (nSPS) is 11.4. The van der Waals surface area contributed by atoms with Gasteiger partial charge < -0.3 is 14.8 Å². The summed E-state index contributed by atoms with van der Waals surface area (Å²) in [6.45, 7) is 5.07. The van der Waals surface area contributed by atoms with E-state index in [0.29, 0.717) is 17.1 Å². The fourth-order valence-electron chi connectivity index (χ4n) is 3.11. The van der Waals surface area contributed by atoms with Crippen LogP contribution in [0.4, 0.5) is 19.7 Å². The summed E-state index contributed by atoms with van der Waals surface area (Å²) in [6, 6.07) is 14.5. The van der Waals surface area contributed by atoms with Gasteiger partial charge in [0.2, 0.25) is 0 Å². The molecule has 0 saturated carbocycles. The molecule has 0 radical (unpaired) electrons. The predicted octanol–water partition coefficient (Wildman–Crippen LogP) is 5.08. The van der Waals surface area contributed by atoms with Crippen LogP contribution in [-0.4, -0.2) is 46.5 Å². The van der Waals surface area contributed by atoms with E-state index in [4.69, 9.17) is 9.47 Å². The zero-order valence-corrected chi connectivity index (χ0v) is 20.8. The molecule has 0 aliphatic heterocycles. The molecule has 190 valence electrons. The van der Waals surface area contributed by atoms with Gasteiger partial charge in [0.05, 0.1) is 19.3 Å². The molecule has 2 aromatic carbocycles. The predicted molar refractivity (Wildman–Crippen MR) is 135 cm³/mol. The fraction of sp³-hybridized carbons (Fsp3) is 0.308. The molecular weight excluding hydrogens is 465 g/mol. The van der Waals surface area contributed by atoms with Crippen LogP contribution in [-0.2, 0) is 17.8 Å². The molecule has 9 nitrogen and oxygen atoms in total. The number of alkyl halides is 1. The molecule has 0 unspecified atom stereocenters. The van der Waals surface area contributed by atoms with Gasteiger partial charge in [0.15, 0.2) is 0 Å². The Hall–Kier alpha value is -4.21. The van der Waals surface area contributed by atoms with Crippen molar-refractivity contribution in [1.82, 2.24) is 20.3 Å². The third-order valence-corrected chi connectivity index (χ3v) is 4.80. The van der Waals surface area contributed by atoms with Gasteiger partial charge in [0.1, 0.15) is 23.7 Å². The summed E-state index contributed by atoms with van der Waals surface area (Å²) in [5.41, 5.74) is 2.31. The lowest BCUT2D eigenvalue weighted by molar-refractivity contribution is 0.0577. The van der Waals surface area contributed by atoms with Crippen LogP contribution in [0, 0.1) is 0 Å². The molecule has 0 fully saturated rings. The minimum Gasteiger partial charge on any atom is -0.443 e. The zero-order chi connectivity index (χ0) is 26.1. The van der Waals surface area contributed by atoms with Crippen molar-refractivity contribution in [2.24, 2.45) is 0 Å². The van der Waals surface area contributed by atoms with Crippen molar-refractivity contribution in [3.63, 3.8) is 0 Å². The van der Waals surface area contributed by atoms with Gasteiger partial charge in [0.25, 0.3) is 0 Å². The second-order valence-electron chi connectivity index (χ2n) is 8.86. The number of nitrogens with zero attached hydrogens (tertiary/aromatic N) is 4. The highest BCUT2D eigenvalue weighted by Gasteiger charge is 2.24. The molecule has 36 heavy (non-hydrogen) atoms. The van der Waals surface area contributed by atoms with Crippen molar-refractivity contribution in [2.45, 2.75) is 39.5 Å². The van der Waals surface area contributed by atoms with Crippen LogP contribution in [0.15, 0.2) is 54.7 Å². The number of halogens is 1. The van der Waals surface area contributed by atoms with Crippen LogP contribution in [0.5, 0.6) is 5.75 Å². The number of carbonyl (C=O) groups is 2. The number of anilines is 1. The molecule has 0 aliphatic rings.